The third-order valence-electron chi connectivity index (χ3n) is 5.56. The third kappa shape index (κ3) is 5.71. The zero-order valence-corrected chi connectivity index (χ0v) is 19.3. The van der Waals surface area contributed by atoms with Crippen molar-refractivity contribution in [2.24, 2.45) is 0 Å². The molecule has 34 heavy (non-hydrogen) atoms. The lowest BCUT2D eigenvalue weighted by molar-refractivity contribution is -0.124. The highest BCUT2D eigenvalue weighted by Crippen LogP contribution is 2.23. The molecule has 1 amide bonds. The summed E-state index contributed by atoms with van der Waals surface area (Å²) in [6.45, 7) is 3.86. The Labute approximate surface area is 198 Å². The van der Waals surface area contributed by atoms with E-state index < -0.39 is 15.9 Å². The molecule has 2 aromatic heterocycles. The number of amides is 1. The number of likely N-dealkylation sites (tertiary alicyclic amines) is 1. The number of hydrogen-bond acceptors (Lipinski definition) is 7. The molecule has 0 unspecified atom stereocenters. The van der Waals surface area contributed by atoms with Gasteiger partial charge in [0.25, 0.3) is 15.9 Å². The first-order valence-electron chi connectivity index (χ1n) is 10.9. The Balaban J connectivity index is 1.39. The van der Waals surface area contributed by atoms with Gasteiger partial charge in [-0.2, -0.15) is 0 Å². The van der Waals surface area contributed by atoms with Gasteiger partial charge in [0.05, 0.1) is 5.69 Å². The van der Waals surface area contributed by atoms with E-state index >= 15 is 0 Å². The summed E-state index contributed by atoms with van der Waals surface area (Å²) in [4.78, 5) is 17.8. The Hall–Kier alpha value is -3.47. The van der Waals surface area contributed by atoms with Crippen molar-refractivity contribution >= 4 is 22.0 Å². The number of aromatic nitrogens is 2. The van der Waals surface area contributed by atoms with E-state index in [2.05, 4.69) is 9.88 Å². The minimum Gasteiger partial charge on any atom is -0.492 e. The van der Waals surface area contributed by atoms with Crippen molar-refractivity contribution in [3.63, 3.8) is 0 Å². The first kappa shape index (κ1) is 23.7. The smallest absolute Gasteiger partial charge is 0.269 e. The molecule has 9 nitrogen and oxygen atoms in total. The number of rotatable bonds is 9. The molecule has 1 aliphatic heterocycles. The van der Waals surface area contributed by atoms with Gasteiger partial charge in [-0.05, 0) is 80.0 Å². The second-order valence-corrected chi connectivity index (χ2v) is 9.73. The van der Waals surface area contributed by atoms with Crippen molar-refractivity contribution < 1.29 is 23.2 Å². The molecular formula is C24H26N4O5S. The molecular weight excluding hydrogens is 456 g/mol. The molecule has 0 saturated carbocycles. The molecule has 0 aliphatic carbocycles. The fraction of sp³-hybridized carbons (Fsp3) is 0.250. The standard InChI is InChI=1S/C24H26N4O5S/c29-24(26-30)10-3-19-11-14-28(18-19)34(31,32)22-8-9-23(25-17-22)20-4-6-21(7-5-20)33-16-15-27-12-1-2-13-27/h3-11,14,17-18,30H,1-2,12-13,15-16H2,(H,26,29)/b10-3+. The second kappa shape index (κ2) is 10.6. The van der Waals surface area contributed by atoms with Crippen LogP contribution in [0.15, 0.2) is 72.0 Å². The molecule has 0 atom stereocenters. The summed E-state index contributed by atoms with van der Waals surface area (Å²) >= 11 is 0. The quantitative estimate of drug-likeness (QED) is 0.274. The highest BCUT2D eigenvalue weighted by molar-refractivity contribution is 7.90. The molecule has 3 heterocycles. The molecule has 4 rings (SSSR count). The molecule has 1 aromatic carbocycles. The molecule has 178 valence electrons. The average Bonchev–Trinajstić information content (AvgIpc) is 3.56. The van der Waals surface area contributed by atoms with Crippen molar-refractivity contribution in [3.05, 3.63) is 72.7 Å². The van der Waals surface area contributed by atoms with E-state index in [9.17, 15) is 13.2 Å². The van der Waals surface area contributed by atoms with Crippen molar-refractivity contribution in [1.29, 1.82) is 0 Å². The topological polar surface area (TPSA) is 114 Å². The zero-order valence-electron chi connectivity index (χ0n) is 18.5. The molecule has 0 radical (unpaired) electrons. The normalized spacial score (nSPS) is 14.5. The van der Waals surface area contributed by atoms with E-state index in [0.29, 0.717) is 17.9 Å². The highest BCUT2D eigenvalue weighted by atomic mass is 32.2. The second-order valence-electron chi connectivity index (χ2n) is 7.89. The van der Waals surface area contributed by atoms with Crippen LogP contribution in [0.3, 0.4) is 0 Å². The molecule has 1 fully saturated rings. The highest BCUT2D eigenvalue weighted by Gasteiger charge is 2.17. The summed E-state index contributed by atoms with van der Waals surface area (Å²) in [5, 5.41) is 8.52. The summed E-state index contributed by atoms with van der Waals surface area (Å²) in [6.07, 6.45) is 9.06. The van der Waals surface area contributed by atoms with Gasteiger partial charge in [-0.25, -0.2) is 17.9 Å². The van der Waals surface area contributed by atoms with Crippen LogP contribution in [-0.2, 0) is 14.8 Å². The molecule has 1 aliphatic rings. The molecule has 2 N–H and O–H groups in total. The number of carbonyl (C=O) groups excluding carboxylic acids is 1. The van der Waals surface area contributed by atoms with Crippen LogP contribution in [-0.4, -0.2) is 59.6 Å². The number of ether oxygens (including phenoxy) is 1. The number of hydrogen-bond donors (Lipinski definition) is 2. The summed E-state index contributed by atoms with van der Waals surface area (Å²) < 4.78 is 32.7. The van der Waals surface area contributed by atoms with Gasteiger partial charge in [0.1, 0.15) is 17.3 Å². The van der Waals surface area contributed by atoms with Crippen LogP contribution in [0.25, 0.3) is 17.3 Å². The number of carbonyl (C=O) groups is 1. The summed E-state index contributed by atoms with van der Waals surface area (Å²) in [5.41, 5.74) is 3.46. The maximum Gasteiger partial charge on any atom is 0.269 e. The third-order valence-corrected chi connectivity index (χ3v) is 7.18. The van der Waals surface area contributed by atoms with Crippen molar-refractivity contribution in [2.75, 3.05) is 26.2 Å². The number of benzene rings is 1. The Morgan fingerprint density at radius 2 is 1.88 bits per heavy atom. The monoisotopic (exact) mass is 482 g/mol. The Morgan fingerprint density at radius 3 is 2.56 bits per heavy atom. The van der Waals surface area contributed by atoms with Gasteiger partial charge < -0.3 is 4.74 Å². The van der Waals surface area contributed by atoms with Crippen LogP contribution in [0.5, 0.6) is 5.75 Å². The molecule has 10 heteroatoms. The zero-order chi connectivity index (χ0) is 24.0. The van der Waals surface area contributed by atoms with Gasteiger partial charge in [0.15, 0.2) is 0 Å². The van der Waals surface area contributed by atoms with Crippen LogP contribution >= 0.6 is 0 Å². The molecule has 0 bridgehead atoms. The van der Waals surface area contributed by atoms with Crippen LogP contribution < -0.4 is 10.2 Å². The van der Waals surface area contributed by atoms with Crippen molar-refractivity contribution in [2.45, 2.75) is 17.7 Å². The summed E-state index contributed by atoms with van der Waals surface area (Å²) in [6, 6.07) is 12.3. The lowest BCUT2D eigenvalue weighted by atomic mass is 10.1. The van der Waals surface area contributed by atoms with Gasteiger partial charge >= 0.3 is 0 Å². The average molecular weight is 483 g/mol. The number of nitrogens with one attached hydrogen (secondary N) is 1. The lowest BCUT2D eigenvalue weighted by Gasteiger charge is -2.15. The predicted octanol–water partition coefficient (Wildman–Crippen LogP) is 2.78. The van der Waals surface area contributed by atoms with Crippen molar-refractivity contribution in [3.8, 4) is 17.0 Å². The van der Waals surface area contributed by atoms with Gasteiger partial charge in [-0.1, -0.05) is 0 Å². The Morgan fingerprint density at radius 1 is 1.12 bits per heavy atom. The van der Waals surface area contributed by atoms with E-state index in [0.717, 1.165) is 41.0 Å². The van der Waals surface area contributed by atoms with Crippen LogP contribution in [0.2, 0.25) is 0 Å². The fourth-order valence-corrected chi connectivity index (χ4v) is 4.85. The van der Waals surface area contributed by atoms with E-state index in [1.54, 1.807) is 6.07 Å². The van der Waals surface area contributed by atoms with E-state index in [1.165, 1.54) is 55.1 Å². The Kier molecular flexibility index (Phi) is 7.41. The van der Waals surface area contributed by atoms with Gasteiger partial charge in [-0.3, -0.25) is 19.9 Å². The van der Waals surface area contributed by atoms with E-state index in [4.69, 9.17) is 9.94 Å². The SMILES string of the molecule is O=C(/C=C/c1ccn(S(=O)(=O)c2ccc(-c3ccc(OCCN4CCCC4)cc3)nc2)c1)NO. The minimum atomic E-state index is -3.84. The lowest BCUT2D eigenvalue weighted by Crippen LogP contribution is -2.25. The number of nitrogens with zero attached hydrogens (tertiary/aromatic N) is 3. The molecule has 1 saturated heterocycles. The van der Waals surface area contributed by atoms with Crippen LogP contribution in [0.4, 0.5) is 0 Å². The van der Waals surface area contributed by atoms with Crippen molar-refractivity contribution in [1.82, 2.24) is 19.3 Å². The number of pyridine rings is 1. The maximum absolute atomic E-state index is 12.9. The van der Waals surface area contributed by atoms with E-state index in [1.807, 2.05) is 24.3 Å². The first-order chi connectivity index (χ1) is 16.5. The van der Waals surface area contributed by atoms with Crippen LogP contribution in [0, 0.1) is 0 Å². The summed E-state index contributed by atoms with van der Waals surface area (Å²) in [7, 11) is -3.84. The maximum atomic E-state index is 12.9. The van der Waals surface area contributed by atoms with Crippen LogP contribution in [0.1, 0.15) is 18.4 Å². The van der Waals surface area contributed by atoms with Gasteiger partial charge in [0.2, 0.25) is 0 Å². The van der Waals surface area contributed by atoms with E-state index in [-0.39, 0.29) is 4.90 Å². The summed E-state index contributed by atoms with van der Waals surface area (Å²) in [5.74, 6) is 0.0770. The molecule has 3 aromatic rings. The van der Waals surface area contributed by atoms with Gasteiger partial charge in [-0.15, -0.1) is 0 Å². The first-order valence-corrected chi connectivity index (χ1v) is 12.4. The van der Waals surface area contributed by atoms with Gasteiger partial charge in [0, 0.05) is 36.8 Å². The largest absolute Gasteiger partial charge is 0.492 e. The molecule has 0 spiro atoms. The minimum absolute atomic E-state index is 0.0392. The number of hydroxylamine groups is 1. The predicted molar refractivity (Wildman–Crippen MR) is 127 cm³/mol. The Bertz CT molecular complexity index is 1250. The fourth-order valence-electron chi connectivity index (χ4n) is 3.70.